The minimum atomic E-state index is -0.599. The van der Waals surface area contributed by atoms with Crippen molar-refractivity contribution in [3.8, 4) is 11.8 Å². The molecular formula is C17H19N3O4. The van der Waals surface area contributed by atoms with Crippen molar-refractivity contribution in [2.75, 3.05) is 20.3 Å². The zero-order valence-corrected chi connectivity index (χ0v) is 13.8. The summed E-state index contributed by atoms with van der Waals surface area (Å²) >= 11 is 0. The molecule has 24 heavy (non-hydrogen) atoms. The van der Waals surface area contributed by atoms with Crippen molar-refractivity contribution in [1.29, 1.82) is 5.26 Å². The van der Waals surface area contributed by atoms with Crippen molar-refractivity contribution < 1.29 is 19.1 Å². The Morgan fingerprint density at radius 3 is 2.62 bits per heavy atom. The number of nitrogens with one attached hydrogen (secondary N) is 1. The zero-order chi connectivity index (χ0) is 17.7. The standard InChI is InChI=1S/C17H19N3O4/c1-4-23-16(21)14-11(2)20(3)17(22)19-15(14)12-5-7-13(8-6-12)24-10-9-18/h5-8,15H,4,10H2,1-3H3,(H,19,22)/t15-/m0/s1. The Kier molecular flexibility index (Phi) is 5.42. The molecule has 2 amide bonds. The largest absolute Gasteiger partial charge is 0.479 e. The lowest BCUT2D eigenvalue weighted by Crippen LogP contribution is -2.46. The molecule has 0 fully saturated rings. The first-order valence-corrected chi connectivity index (χ1v) is 7.51. The van der Waals surface area contributed by atoms with Gasteiger partial charge >= 0.3 is 12.0 Å². The Labute approximate surface area is 140 Å². The number of urea groups is 1. The van der Waals surface area contributed by atoms with E-state index in [9.17, 15) is 9.59 Å². The molecule has 0 spiro atoms. The van der Waals surface area contributed by atoms with E-state index >= 15 is 0 Å². The van der Waals surface area contributed by atoms with Crippen molar-refractivity contribution in [2.24, 2.45) is 0 Å². The van der Waals surface area contributed by atoms with Gasteiger partial charge in [0.2, 0.25) is 0 Å². The van der Waals surface area contributed by atoms with E-state index in [2.05, 4.69) is 5.32 Å². The minimum absolute atomic E-state index is 0.0443. The highest BCUT2D eigenvalue weighted by Crippen LogP contribution is 2.31. The van der Waals surface area contributed by atoms with Crippen LogP contribution in [0, 0.1) is 11.3 Å². The van der Waals surface area contributed by atoms with Gasteiger partial charge in [0.15, 0.2) is 6.61 Å². The summed E-state index contributed by atoms with van der Waals surface area (Å²) in [4.78, 5) is 25.8. The van der Waals surface area contributed by atoms with Crippen molar-refractivity contribution in [1.82, 2.24) is 10.2 Å². The summed E-state index contributed by atoms with van der Waals surface area (Å²) in [5.74, 6) is 0.0783. The van der Waals surface area contributed by atoms with Crippen LogP contribution < -0.4 is 10.1 Å². The summed E-state index contributed by atoms with van der Waals surface area (Å²) in [5.41, 5.74) is 1.67. The average Bonchev–Trinajstić information content (AvgIpc) is 2.58. The van der Waals surface area contributed by atoms with E-state index in [0.717, 1.165) is 5.56 Å². The number of carbonyl (C=O) groups excluding carboxylic acids is 2. The monoisotopic (exact) mass is 329 g/mol. The van der Waals surface area contributed by atoms with Crippen molar-refractivity contribution >= 4 is 12.0 Å². The molecule has 1 N–H and O–H groups in total. The Bertz CT molecular complexity index is 704. The topological polar surface area (TPSA) is 91.7 Å². The number of nitriles is 1. The normalized spacial score (nSPS) is 17.2. The Hall–Kier alpha value is -3.01. The van der Waals surface area contributed by atoms with Gasteiger partial charge < -0.3 is 19.7 Å². The Morgan fingerprint density at radius 1 is 1.38 bits per heavy atom. The number of carbonyl (C=O) groups is 2. The van der Waals surface area contributed by atoms with E-state index < -0.39 is 12.0 Å². The highest BCUT2D eigenvalue weighted by atomic mass is 16.5. The third kappa shape index (κ3) is 3.49. The maximum atomic E-state index is 12.3. The zero-order valence-electron chi connectivity index (χ0n) is 13.8. The number of hydrogen-bond acceptors (Lipinski definition) is 5. The lowest BCUT2D eigenvalue weighted by molar-refractivity contribution is -0.139. The fourth-order valence-electron chi connectivity index (χ4n) is 2.43. The van der Waals surface area contributed by atoms with Gasteiger partial charge in [0.05, 0.1) is 18.2 Å². The molecule has 1 aliphatic rings. The van der Waals surface area contributed by atoms with Gasteiger partial charge in [-0.1, -0.05) is 12.1 Å². The van der Waals surface area contributed by atoms with Crippen molar-refractivity contribution in [3.63, 3.8) is 0 Å². The number of benzene rings is 1. The maximum absolute atomic E-state index is 12.3. The predicted molar refractivity (Wildman–Crippen MR) is 85.9 cm³/mol. The van der Waals surface area contributed by atoms with Crippen molar-refractivity contribution in [2.45, 2.75) is 19.9 Å². The molecule has 0 bridgehead atoms. The van der Waals surface area contributed by atoms with Crippen LogP contribution in [0.15, 0.2) is 35.5 Å². The highest BCUT2D eigenvalue weighted by Gasteiger charge is 2.34. The van der Waals surface area contributed by atoms with Crippen molar-refractivity contribution in [3.05, 3.63) is 41.1 Å². The summed E-state index contributed by atoms with van der Waals surface area (Å²) in [7, 11) is 1.60. The molecule has 0 aliphatic carbocycles. The van der Waals surface area contributed by atoms with Gasteiger partial charge in [-0.05, 0) is 31.5 Å². The molecule has 0 saturated heterocycles. The second-order valence-corrected chi connectivity index (χ2v) is 5.18. The first-order valence-electron chi connectivity index (χ1n) is 7.51. The van der Waals surface area contributed by atoms with Crippen LogP contribution in [-0.4, -0.2) is 37.2 Å². The number of amides is 2. The first kappa shape index (κ1) is 17.3. The molecule has 0 unspecified atom stereocenters. The quantitative estimate of drug-likeness (QED) is 0.836. The molecular weight excluding hydrogens is 310 g/mol. The number of esters is 1. The molecule has 126 valence electrons. The van der Waals surface area contributed by atoms with E-state index in [-0.39, 0.29) is 19.2 Å². The molecule has 0 aromatic heterocycles. The van der Waals surface area contributed by atoms with Crippen LogP contribution in [0.25, 0.3) is 0 Å². The van der Waals surface area contributed by atoms with E-state index in [1.165, 1.54) is 4.90 Å². The van der Waals surface area contributed by atoms with Gasteiger partial charge in [-0.2, -0.15) is 5.26 Å². The number of nitrogens with zero attached hydrogens (tertiary/aromatic N) is 2. The first-order chi connectivity index (χ1) is 11.5. The van der Waals surface area contributed by atoms with Crippen LogP contribution in [0.5, 0.6) is 5.75 Å². The molecule has 2 rings (SSSR count). The van der Waals surface area contributed by atoms with Gasteiger partial charge in [-0.3, -0.25) is 0 Å². The number of rotatable bonds is 5. The lowest BCUT2D eigenvalue weighted by Gasteiger charge is -2.33. The SMILES string of the molecule is CCOC(=O)C1=C(C)N(C)C(=O)N[C@H]1c1ccc(OCC#N)cc1. The molecule has 7 heteroatoms. The second kappa shape index (κ2) is 7.51. The Morgan fingerprint density at radius 2 is 2.04 bits per heavy atom. The molecule has 1 aliphatic heterocycles. The third-order valence-corrected chi connectivity index (χ3v) is 3.77. The molecule has 1 aromatic carbocycles. The second-order valence-electron chi connectivity index (χ2n) is 5.18. The van der Waals surface area contributed by atoms with Gasteiger partial charge in [-0.15, -0.1) is 0 Å². The van der Waals surface area contributed by atoms with Crippen LogP contribution in [0.2, 0.25) is 0 Å². The summed E-state index contributed by atoms with van der Waals surface area (Å²) in [6, 6.07) is 7.87. The summed E-state index contributed by atoms with van der Waals surface area (Å²) in [6.07, 6.45) is 0. The smallest absolute Gasteiger partial charge is 0.338 e. The van der Waals surface area contributed by atoms with E-state index in [1.54, 1.807) is 45.2 Å². The van der Waals surface area contributed by atoms with Gasteiger partial charge in [-0.25, -0.2) is 9.59 Å². The number of allylic oxidation sites excluding steroid dienone is 1. The van der Waals surface area contributed by atoms with E-state index in [1.807, 2.05) is 6.07 Å². The van der Waals surface area contributed by atoms with Crippen LogP contribution in [0.3, 0.4) is 0 Å². The highest BCUT2D eigenvalue weighted by molar-refractivity contribution is 5.94. The van der Waals surface area contributed by atoms with Crippen LogP contribution in [0.4, 0.5) is 4.79 Å². The fraction of sp³-hybridized carbons (Fsp3) is 0.353. The Balaban J connectivity index is 2.36. The molecule has 0 radical (unpaired) electrons. The minimum Gasteiger partial charge on any atom is -0.479 e. The predicted octanol–water partition coefficient (Wildman–Crippen LogP) is 2.12. The average molecular weight is 329 g/mol. The molecule has 0 saturated carbocycles. The molecule has 1 heterocycles. The van der Waals surface area contributed by atoms with Crippen LogP contribution >= 0.6 is 0 Å². The van der Waals surface area contributed by atoms with Gasteiger partial charge in [0.25, 0.3) is 0 Å². The number of hydrogen-bond donors (Lipinski definition) is 1. The number of ether oxygens (including phenoxy) is 2. The summed E-state index contributed by atoms with van der Waals surface area (Å²) in [5, 5.41) is 11.3. The van der Waals surface area contributed by atoms with Gasteiger partial charge in [0.1, 0.15) is 11.8 Å². The van der Waals surface area contributed by atoms with Gasteiger partial charge in [0, 0.05) is 12.7 Å². The molecule has 1 aromatic rings. The fourth-order valence-corrected chi connectivity index (χ4v) is 2.43. The molecule has 7 nitrogen and oxygen atoms in total. The van der Waals surface area contributed by atoms with E-state index in [0.29, 0.717) is 17.0 Å². The molecule has 1 atom stereocenters. The summed E-state index contributed by atoms with van der Waals surface area (Å²) < 4.78 is 10.3. The lowest BCUT2D eigenvalue weighted by atomic mass is 9.95. The van der Waals surface area contributed by atoms with Crippen LogP contribution in [-0.2, 0) is 9.53 Å². The third-order valence-electron chi connectivity index (χ3n) is 3.77. The summed E-state index contributed by atoms with van der Waals surface area (Å²) in [6.45, 7) is 3.65. The van der Waals surface area contributed by atoms with Crippen LogP contribution in [0.1, 0.15) is 25.5 Å². The van der Waals surface area contributed by atoms with E-state index in [4.69, 9.17) is 14.7 Å². The maximum Gasteiger partial charge on any atom is 0.338 e.